The van der Waals surface area contributed by atoms with E-state index in [1.54, 1.807) is 24.3 Å². The Balaban J connectivity index is 1.70. The number of nitrogens with zero attached hydrogens (tertiary/aromatic N) is 1. The molecule has 0 saturated carbocycles. The Kier molecular flexibility index (Phi) is 6.27. The van der Waals surface area contributed by atoms with Crippen LogP contribution < -0.4 is 19.7 Å². The first-order valence-corrected chi connectivity index (χ1v) is 13.9. The number of halogens is 1. The third kappa shape index (κ3) is 3.82. The molecule has 0 aromatic heterocycles. The predicted molar refractivity (Wildman–Crippen MR) is 159 cm³/mol. The number of benzene rings is 3. The Hall–Kier alpha value is -4.10. The highest BCUT2D eigenvalue weighted by molar-refractivity contribution is 6.31. The molecule has 1 saturated heterocycles. The van der Waals surface area contributed by atoms with Crippen molar-refractivity contribution in [3.05, 3.63) is 88.5 Å². The molecule has 0 unspecified atom stereocenters. The number of amides is 1. The number of hydrogen-bond acceptors (Lipinski definition) is 6. The number of para-hydroxylation sites is 1. The monoisotopic (exact) mass is 570 g/mol. The normalized spacial score (nSPS) is 24.0. The number of nitrogens with one attached hydrogen (secondary N) is 1. The van der Waals surface area contributed by atoms with Gasteiger partial charge in [-0.25, -0.2) is 0 Å². The van der Waals surface area contributed by atoms with Gasteiger partial charge in [0.15, 0.2) is 11.6 Å². The summed E-state index contributed by atoms with van der Waals surface area (Å²) in [6, 6.07) is 16.3. The smallest absolute Gasteiger partial charge is 0.238 e. The number of carbonyl (C=O) groups excluding carboxylic acids is 3. The van der Waals surface area contributed by atoms with Crippen molar-refractivity contribution in [1.82, 2.24) is 0 Å². The summed E-state index contributed by atoms with van der Waals surface area (Å²) < 4.78 is 11.1. The second-order valence-corrected chi connectivity index (χ2v) is 12.2. The fourth-order valence-electron chi connectivity index (χ4n) is 6.77. The number of anilines is 2. The Morgan fingerprint density at radius 1 is 1.00 bits per heavy atom. The van der Waals surface area contributed by atoms with Gasteiger partial charge in [0.05, 0.1) is 31.7 Å². The van der Waals surface area contributed by atoms with E-state index in [0.29, 0.717) is 27.8 Å². The minimum Gasteiger partial charge on any atom is -0.497 e. The molecule has 3 aromatic carbocycles. The van der Waals surface area contributed by atoms with Crippen LogP contribution in [0.4, 0.5) is 11.4 Å². The molecule has 3 aromatic rings. The summed E-state index contributed by atoms with van der Waals surface area (Å²) in [5, 5.41) is 3.59. The minimum absolute atomic E-state index is 0.145. The summed E-state index contributed by atoms with van der Waals surface area (Å²) in [7, 11) is 3.01. The number of Topliss-reactive ketones (excluding diaryl/α,β-unsaturated/α-hetero) is 2. The zero-order valence-electron chi connectivity index (χ0n) is 23.5. The Morgan fingerprint density at radius 3 is 2.46 bits per heavy atom. The lowest BCUT2D eigenvalue weighted by Gasteiger charge is -2.38. The van der Waals surface area contributed by atoms with Gasteiger partial charge in [0.2, 0.25) is 5.91 Å². The molecule has 7 nitrogen and oxygen atoms in total. The largest absolute Gasteiger partial charge is 0.497 e. The molecular formula is C33H31ClN2O5. The van der Waals surface area contributed by atoms with Crippen LogP contribution in [0.15, 0.2) is 66.7 Å². The van der Waals surface area contributed by atoms with E-state index in [0.717, 1.165) is 11.3 Å². The highest BCUT2D eigenvalue weighted by atomic mass is 35.5. The molecule has 1 amide bonds. The molecule has 4 atom stereocenters. The van der Waals surface area contributed by atoms with E-state index in [1.807, 2.05) is 74.2 Å². The summed E-state index contributed by atoms with van der Waals surface area (Å²) in [5.74, 6) is -1.11. The van der Waals surface area contributed by atoms with Gasteiger partial charge in [-0.15, -0.1) is 0 Å². The van der Waals surface area contributed by atoms with Crippen LogP contribution in [0.3, 0.4) is 0 Å². The van der Waals surface area contributed by atoms with Crippen molar-refractivity contribution < 1.29 is 23.9 Å². The summed E-state index contributed by atoms with van der Waals surface area (Å²) in [6.45, 7) is 5.52. The topological polar surface area (TPSA) is 84.9 Å². The van der Waals surface area contributed by atoms with Crippen molar-refractivity contribution in [2.45, 2.75) is 38.3 Å². The molecule has 3 aliphatic heterocycles. The van der Waals surface area contributed by atoms with Crippen molar-refractivity contribution in [3.8, 4) is 11.5 Å². The number of ketones is 2. The van der Waals surface area contributed by atoms with E-state index in [2.05, 4.69) is 5.32 Å². The van der Waals surface area contributed by atoms with E-state index in [1.165, 1.54) is 14.2 Å². The number of rotatable bonds is 5. The third-order valence-corrected chi connectivity index (χ3v) is 8.79. The highest BCUT2D eigenvalue weighted by Gasteiger charge is 2.71. The van der Waals surface area contributed by atoms with Gasteiger partial charge in [-0.3, -0.25) is 14.4 Å². The van der Waals surface area contributed by atoms with Crippen LogP contribution in [-0.2, 0) is 15.0 Å². The molecule has 1 fully saturated rings. The highest BCUT2D eigenvalue weighted by Crippen LogP contribution is 2.59. The van der Waals surface area contributed by atoms with Crippen LogP contribution in [0.5, 0.6) is 11.5 Å². The predicted octanol–water partition coefficient (Wildman–Crippen LogP) is 5.95. The van der Waals surface area contributed by atoms with Gasteiger partial charge < -0.3 is 19.7 Å². The first-order valence-electron chi connectivity index (χ1n) is 13.5. The zero-order chi connectivity index (χ0) is 29.3. The van der Waals surface area contributed by atoms with E-state index >= 15 is 4.79 Å². The maximum atomic E-state index is 15.0. The van der Waals surface area contributed by atoms with E-state index in [4.69, 9.17) is 21.1 Å². The Bertz CT molecular complexity index is 1640. The van der Waals surface area contributed by atoms with Crippen LogP contribution in [0.25, 0.3) is 6.08 Å². The standard InChI is InChI=1S/C33H31ClN2O5/c1-32(2,3)30(38)28-27(29(37)21-17-20(40-4)12-14-25(21)41-5)33(22-8-6-7-9-23(22)35-31(33)39)26-15-10-18-16-19(34)11-13-24(18)36(26)28/h6-17,26-28H,1-5H3,(H,35,39)/t26-,27-,28+,33+/m0/s1. The lowest BCUT2D eigenvalue weighted by molar-refractivity contribution is -0.128. The SMILES string of the molecule is COc1ccc(OC)c(C(=O)[C@@H]2[C@H](C(=O)C(C)(C)C)N3c4ccc(Cl)cc4C=C[C@H]3[C@@]23C(=O)Nc2ccccc23)c1. The van der Waals surface area contributed by atoms with Gasteiger partial charge in [-0.1, -0.05) is 62.7 Å². The molecule has 3 aliphatic rings. The fraction of sp³-hybridized carbons (Fsp3) is 0.303. The number of carbonyl (C=O) groups is 3. The number of fused-ring (bicyclic) bond motifs is 6. The van der Waals surface area contributed by atoms with Gasteiger partial charge in [-0.05, 0) is 53.6 Å². The van der Waals surface area contributed by atoms with E-state index < -0.39 is 28.8 Å². The lowest BCUT2D eigenvalue weighted by atomic mass is 9.63. The van der Waals surface area contributed by atoms with Gasteiger partial charge in [0.25, 0.3) is 0 Å². The molecule has 3 heterocycles. The fourth-order valence-corrected chi connectivity index (χ4v) is 6.95. The molecule has 6 rings (SSSR count). The molecule has 0 aliphatic carbocycles. The van der Waals surface area contributed by atoms with Crippen molar-refractivity contribution >= 4 is 46.5 Å². The van der Waals surface area contributed by atoms with Crippen LogP contribution in [0.2, 0.25) is 5.02 Å². The third-order valence-electron chi connectivity index (χ3n) is 8.56. The average Bonchev–Trinajstić information content (AvgIpc) is 3.43. The molecule has 1 N–H and O–H groups in total. The lowest BCUT2D eigenvalue weighted by Crippen LogP contribution is -2.51. The second kappa shape index (κ2) is 9.48. The van der Waals surface area contributed by atoms with Gasteiger partial charge in [0.1, 0.15) is 23.0 Å². The molecule has 210 valence electrons. The van der Waals surface area contributed by atoms with Crippen molar-refractivity contribution in [3.63, 3.8) is 0 Å². The molecule has 1 spiro atoms. The molecular weight excluding hydrogens is 540 g/mol. The minimum atomic E-state index is -1.40. The second-order valence-electron chi connectivity index (χ2n) is 11.8. The summed E-state index contributed by atoms with van der Waals surface area (Å²) in [4.78, 5) is 45.9. The molecule has 0 radical (unpaired) electrons. The Morgan fingerprint density at radius 2 is 1.76 bits per heavy atom. The summed E-state index contributed by atoms with van der Waals surface area (Å²) in [5.41, 5.74) is 0.906. The Labute approximate surface area is 244 Å². The number of hydrogen-bond donors (Lipinski definition) is 1. The van der Waals surface area contributed by atoms with Crippen molar-refractivity contribution in [1.29, 1.82) is 0 Å². The average molecular weight is 571 g/mol. The summed E-state index contributed by atoms with van der Waals surface area (Å²) in [6.07, 6.45) is 3.86. The van der Waals surface area contributed by atoms with Gasteiger partial charge in [-0.2, -0.15) is 0 Å². The van der Waals surface area contributed by atoms with E-state index in [9.17, 15) is 9.59 Å². The van der Waals surface area contributed by atoms with Crippen LogP contribution >= 0.6 is 11.6 Å². The first kappa shape index (κ1) is 27.1. The molecule has 0 bridgehead atoms. The van der Waals surface area contributed by atoms with Gasteiger partial charge in [0, 0.05) is 21.8 Å². The quantitative estimate of drug-likeness (QED) is 0.382. The van der Waals surface area contributed by atoms with Crippen LogP contribution in [0, 0.1) is 11.3 Å². The van der Waals surface area contributed by atoms with Gasteiger partial charge >= 0.3 is 0 Å². The van der Waals surface area contributed by atoms with E-state index in [-0.39, 0.29) is 23.0 Å². The van der Waals surface area contributed by atoms with Crippen molar-refractivity contribution in [2.75, 3.05) is 24.4 Å². The maximum Gasteiger partial charge on any atom is 0.238 e. The first-order chi connectivity index (χ1) is 19.5. The molecule has 41 heavy (non-hydrogen) atoms. The van der Waals surface area contributed by atoms with Crippen LogP contribution in [0.1, 0.15) is 42.3 Å². The summed E-state index contributed by atoms with van der Waals surface area (Å²) >= 11 is 6.36. The number of methoxy groups -OCH3 is 2. The number of ether oxygens (including phenoxy) is 2. The zero-order valence-corrected chi connectivity index (χ0v) is 24.3. The van der Waals surface area contributed by atoms with Crippen molar-refractivity contribution in [2.24, 2.45) is 11.3 Å². The van der Waals surface area contributed by atoms with Crippen LogP contribution in [-0.4, -0.2) is 43.8 Å². The maximum absolute atomic E-state index is 15.0. The molecule has 8 heteroatoms.